The van der Waals surface area contributed by atoms with E-state index in [9.17, 15) is 18.7 Å². The quantitative estimate of drug-likeness (QED) is 0.392. The van der Waals surface area contributed by atoms with Crippen molar-refractivity contribution in [1.82, 2.24) is 0 Å². The third-order valence-corrected chi connectivity index (χ3v) is 6.56. The molecule has 0 spiro atoms. The molecule has 0 radical (unpaired) electrons. The van der Waals surface area contributed by atoms with Gasteiger partial charge in [-0.25, -0.2) is 8.78 Å². The summed E-state index contributed by atoms with van der Waals surface area (Å²) in [6.07, 6.45) is 2.75. The van der Waals surface area contributed by atoms with E-state index in [4.69, 9.17) is 0 Å². The molecule has 0 atom stereocenters. The van der Waals surface area contributed by atoms with E-state index in [1.807, 2.05) is 37.3 Å². The molecule has 0 saturated carbocycles. The zero-order valence-electron chi connectivity index (χ0n) is 17.6. The number of benzene rings is 3. The zero-order chi connectivity index (χ0) is 22.7. The van der Waals surface area contributed by atoms with Gasteiger partial charge < -0.3 is 5.11 Å². The first-order valence-electron chi connectivity index (χ1n) is 10.3. The number of carboxylic acid groups (broad SMARTS) is 1. The molecule has 162 valence electrons. The molecule has 3 aromatic rings. The van der Waals surface area contributed by atoms with E-state index >= 15 is 0 Å². The van der Waals surface area contributed by atoms with E-state index in [-0.39, 0.29) is 18.1 Å². The van der Waals surface area contributed by atoms with E-state index in [0.717, 1.165) is 44.9 Å². The Kier molecular flexibility index (Phi) is 6.56. The summed E-state index contributed by atoms with van der Waals surface area (Å²) in [6, 6.07) is 19.3. The molecule has 1 N–H and O–H groups in total. The second kappa shape index (κ2) is 9.53. The SMILES string of the molecule is CC1=C(CC(=O)O)c2cc(F)ccc2/C1=C\c1ccc(SCCc2ccc(F)cc2)cc1. The van der Waals surface area contributed by atoms with Gasteiger partial charge in [0.15, 0.2) is 0 Å². The minimum atomic E-state index is -0.933. The first kappa shape index (κ1) is 22.0. The van der Waals surface area contributed by atoms with Crippen LogP contribution >= 0.6 is 11.8 Å². The van der Waals surface area contributed by atoms with Crippen molar-refractivity contribution in [3.8, 4) is 0 Å². The number of aryl methyl sites for hydroxylation is 1. The van der Waals surface area contributed by atoms with Gasteiger partial charge in [-0.15, -0.1) is 11.8 Å². The van der Waals surface area contributed by atoms with Gasteiger partial charge in [0.2, 0.25) is 0 Å². The molecule has 0 heterocycles. The number of hydrogen-bond donors (Lipinski definition) is 1. The lowest BCUT2D eigenvalue weighted by Crippen LogP contribution is -1.97. The number of carbonyl (C=O) groups is 1. The summed E-state index contributed by atoms with van der Waals surface area (Å²) in [4.78, 5) is 12.5. The zero-order valence-corrected chi connectivity index (χ0v) is 18.4. The highest BCUT2D eigenvalue weighted by Gasteiger charge is 2.25. The van der Waals surface area contributed by atoms with Crippen molar-refractivity contribution < 1.29 is 18.7 Å². The Balaban J connectivity index is 1.50. The van der Waals surface area contributed by atoms with E-state index in [1.54, 1.807) is 17.8 Å². The fourth-order valence-electron chi connectivity index (χ4n) is 3.90. The maximum atomic E-state index is 13.8. The molecule has 0 fully saturated rings. The Morgan fingerprint density at radius 2 is 1.62 bits per heavy atom. The van der Waals surface area contributed by atoms with Gasteiger partial charge in [0.05, 0.1) is 6.42 Å². The highest BCUT2D eigenvalue weighted by atomic mass is 32.2. The Morgan fingerprint density at radius 1 is 0.938 bits per heavy atom. The van der Waals surface area contributed by atoms with Crippen molar-refractivity contribution in [2.45, 2.75) is 24.7 Å². The van der Waals surface area contributed by atoms with Crippen LogP contribution in [-0.2, 0) is 11.2 Å². The number of allylic oxidation sites excluding steroid dienone is 2. The third-order valence-electron chi connectivity index (χ3n) is 5.55. The van der Waals surface area contributed by atoms with Crippen molar-refractivity contribution in [3.63, 3.8) is 0 Å². The second-order valence-electron chi connectivity index (χ2n) is 7.72. The summed E-state index contributed by atoms with van der Waals surface area (Å²) >= 11 is 1.74. The number of thioether (sulfide) groups is 1. The average Bonchev–Trinajstić information content (AvgIpc) is 3.01. The van der Waals surface area contributed by atoms with Crippen molar-refractivity contribution in [3.05, 3.63) is 106 Å². The van der Waals surface area contributed by atoms with Crippen LogP contribution < -0.4 is 0 Å². The smallest absolute Gasteiger partial charge is 0.307 e. The van der Waals surface area contributed by atoms with Gasteiger partial charge >= 0.3 is 5.97 Å². The molecule has 2 nitrogen and oxygen atoms in total. The summed E-state index contributed by atoms with van der Waals surface area (Å²) in [7, 11) is 0. The number of halogens is 2. The maximum absolute atomic E-state index is 13.8. The molecule has 1 aliphatic rings. The van der Waals surface area contributed by atoms with Crippen LogP contribution in [0.2, 0.25) is 0 Å². The van der Waals surface area contributed by atoms with Crippen LogP contribution in [0.1, 0.15) is 35.6 Å². The van der Waals surface area contributed by atoms with Gasteiger partial charge in [0.25, 0.3) is 0 Å². The van der Waals surface area contributed by atoms with Crippen molar-refractivity contribution >= 4 is 35.0 Å². The molecule has 0 unspecified atom stereocenters. The molecular formula is C27H22F2O2S. The highest BCUT2D eigenvalue weighted by Crippen LogP contribution is 2.43. The van der Waals surface area contributed by atoms with Crippen molar-refractivity contribution in [1.29, 1.82) is 0 Å². The van der Waals surface area contributed by atoms with Crippen LogP contribution in [0.4, 0.5) is 8.78 Å². The van der Waals surface area contributed by atoms with Crippen molar-refractivity contribution in [2.24, 2.45) is 0 Å². The standard InChI is InChI=1S/C27H22F2O2S/c1-17-24(23-11-8-21(29)15-26(23)25(17)16-27(30)31)14-19-4-9-22(10-5-19)32-13-12-18-2-6-20(28)7-3-18/h2-11,14-15H,12-13,16H2,1H3,(H,30,31)/b24-14-. The molecule has 0 aromatic heterocycles. The first-order chi connectivity index (χ1) is 15.4. The minimum Gasteiger partial charge on any atom is -0.481 e. The number of fused-ring (bicyclic) bond motifs is 1. The molecule has 3 aromatic carbocycles. The predicted octanol–water partition coefficient (Wildman–Crippen LogP) is 7.10. The Morgan fingerprint density at radius 3 is 2.31 bits per heavy atom. The summed E-state index contributed by atoms with van der Waals surface area (Å²) in [5, 5.41) is 9.28. The van der Waals surface area contributed by atoms with Gasteiger partial charge in [-0.1, -0.05) is 30.3 Å². The lowest BCUT2D eigenvalue weighted by molar-refractivity contribution is -0.135. The Labute approximate surface area is 190 Å². The van der Waals surface area contributed by atoms with E-state index in [2.05, 4.69) is 12.1 Å². The van der Waals surface area contributed by atoms with E-state index < -0.39 is 5.97 Å². The monoisotopic (exact) mass is 448 g/mol. The fourth-order valence-corrected chi connectivity index (χ4v) is 4.80. The molecule has 5 heteroatoms. The predicted molar refractivity (Wildman–Crippen MR) is 126 cm³/mol. The van der Waals surface area contributed by atoms with Crippen LogP contribution in [0.5, 0.6) is 0 Å². The normalized spacial score (nSPS) is 14.2. The molecule has 1 aliphatic carbocycles. The summed E-state index contributed by atoms with van der Waals surface area (Å²) in [6.45, 7) is 1.89. The molecule has 0 bridgehead atoms. The lowest BCUT2D eigenvalue weighted by atomic mass is 10.0. The highest BCUT2D eigenvalue weighted by molar-refractivity contribution is 7.99. The Hall–Kier alpha value is -3.18. The average molecular weight is 449 g/mol. The molecule has 4 rings (SSSR count). The summed E-state index contributed by atoms with van der Waals surface area (Å²) in [5.41, 5.74) is 6.07. The molecule has 0 aliphatic heterocycles. The largest absolute Gasteiger partial charge is 0.481 e. The minimum absolute atomic E-state index is 0.136. The maximum Gasteiger partial charge on any atom is 0.307 e. The van der Waals surface area contributed by atoms with Crippen molar-refractivity contribution in [2.75, 3.05) is 5.75 Å². The summed E-state index contributed by atoms with van der Waals surface area (Å²) < 4.78 is 26.8. The third kappa shape index (κ3) is 5.00. The first-order valence-corrected chi connectivity index (χ1v) is 11.3. The summed E-state index contributed by atoms with van der Waals surface area (Å²) in [5.74, 6) is -0.632. The molecule has 0 saturated heterocycles. The van der Waals surface area contributed by atoms with Gasteiger partial charge in [0, 0.05) is 10.6 Å². The number of aliphatic carboxylic acids is 1. The van der Waals surface area contributed by atoms with Gasteiger partial charge in [-0.3, -0.25) is 4.79 Å². The molecular weight excluding hydrogens is 426 g/mol. The van der Waals surface area contributed by atoms with E-state index in [0.29, 0.717) is 11.1 Å². The number of rotatable bonds is 7. The van der Waals surface area contributed by atoms with Gasteiger partial charge in [-0.05, 0) is 94.8 Å². The molecule has 0 amide bonds. The number of hydrogen-bond acceptors (Lipinski definition) is 2. The molecule has 32 heavy (non-hydrogen) atoms. The topological polar surface area (TPSA) is 37.3 Å². The fraction of sp³-hybridized carbons (Fsp3) is 0.148. The van der Waals surface area contributed by atoms with Crippen LogP contribution in [0, 0.1) is 11.6 Å². The van der Waals surface area contributed by atoms with Crippen LogP contribution in [0.15, 0.2) is 77.2 Å². The van der Waals surface area contributed by atoms with E-state index in [1.165, 1.54) is 24.3 Å². The second-order valence-corrected chi connectivity index (χ2v) is 8.88. The lowest BCUT2D eigenvalue weighted by Gasteiger charge is -2.06. The van der Waals surface area contributed by atoms with Crippen LogP contribution in [0.25, 0.3) is 17.2 Å². The van der Waals surface area contributed by atoms with Gasteiger partial charge in [-0.2, -0.15) is 0 Å². The Bertz CT molecular complexity index is 1210. The van der Waals surface area contributed by atoms with Gasteiger partial charge in [0.1, 0.15) is 11.6 Å². The van der Waals surface area contributed by atoms with Crippen LogP contribution in [-0.4, -0.2) is 16.8 Å². The van der Waals surface area contributed by atoms with Crippen LogP contribution in [0.3, 0.4) is 0 Å². The number of carboxylic acids is 1.